The number of nitrogens with two attached hydrogens (primary N) is 1. The van der Waals surface area contributed by atoms with Crippen LogP contribution >= 0.6 is 0 Å². The molecule has 0 aliphatic carbocycles. The van der Waals surface area contributed by atoms with Crippen LogP contribution in [0.25, 0.3) is 10.8 Å². The molecule has 3 heterocycles. The minimum Gasteiger partial charge on any atom is -0.481 e. The van der Waals surface area contributed by atoms with Gasteiger partial charge in [-0.2, -0.15) is 0 Å². The number of nitrogens with zero attached hydrogens (tertiary/aromatic N) is 5. The number of carbonyl (C=O) groups excluding carboxylic acids is 1. The number of rotatable bonds is 5. The number of anilines is 1. The van der Waals surface area contributed by atoms with Crippen molar-refractivity contribution in [3.8, 4) is 5.88 Å². The fourth-order valence-electron chi connectivity index (χ4n) is 3.72. The van der Waals surface area contributed by atoms with Gasteiger partial charge >= 0.3 is 0 Å². The predicted molar refractivity (Wildman–Crippen MR) is 111 cm³/mol. The summed E-state index contributed by atoms with van der Waals surface area (Å²) in [6.45, 7) is 1.90. The van der Waals surface area contributed by atoms with Crippen molar-refractivity contribution in [3.05, 3.63) is 54.1 Å². The lowest BCUT2D eigenvalue weighted by Gasteiger charge is -2.24. The molecule has 1 aromatic carbocycles. The molecule has 1 aliphatic heterocycles. The largest absolute Gasteiger partial charge is 0.481 e. The molecule has 8 heteroatoms. The van der Waals surface area contributed by atoms with Gasteiger partial charge in [0.25, 0.3) is 5.91 Å². The number of aromatic nitrogens is 3. The summed E-state index contributed by atoms with van der Waals surface area (Å²) < 4.78 is 5.40. The maximum absolute atomic E-state index is 13.1. The van der Waals surface area contributed by atoms with E-state index in [0.29, 0.717) is 42.9 Å². The molecule has 1 atom stereocenters. The van der Waals surface area contributed by atoms with E-state index in [9.17, 15) is 4.79 Å². The summed E-state index contributed by atoms with van der Waals surface area (Å²) in [7, 11) is 3.59. The molecule has 1 aliphatic rings. The molecule has 1 unspecified atom stereocenters. The van der Waals surface area contributed by atoms with E-state index in [-0.39, 0.29) is 11.9 Å². The predicted octanol–water partition coefficient (Wildman–Crippen LogP) is 1.96. The number of methoxy groups -OCH3 is 1. The highest BCUT2D eigenvalue weighted by molar-refractivity contribution is 5.98. The van der Waals surface area contributed by atoms with Crippen LogP contribution in [0.15, 0.2) is 42.6 Å². The van der Waals surface area contributed by atoms with Gasteiger partial charge < -0.3 is 15.4 Å². The van der Waals surface area contributed by atoms with Crippen molar-refractivity contribution in [1.82, 2.24) is 24.8 Å². The van der Waals surface area contributed by atoms with Crippen LogP contribution in [0.3, 0.4) is 0 Å². The fourth-order valence-corrected chi connectivity index (χ4v) is 3.72. The molecular formula is C21H24N6O2. The number of likely N-dealkylation sites (N-methyl/N-ethyl adjacent to an activating group) is 1. The smallest absolute Gasteiger partial charge is 0.272 e. The molecule has 2 N–H and O–H groups in total. The number of carbonyl (C=O) groups is 1. The summed E-state index contributed by atoms with van der Waals surface area (Å²) in [6, 6.07) is 11.5. The Hall–Kier alpha value is -3.26. The van der Waals surface area contributed by atoms with E-state index in [4.69, 9.17) is 10.5 Å². The van der Waals surface area contributed by atoms with E-state index >= 15 is 0 Å². The van der Waals surface area contributed by atoms with Crippen molar-refractivity contribution in [3.63, 3.8) is 0 Å². The number of amides is 1. The number of nitrogen functional groups attached to an aromatic ring is 1. The lowest BCUT2D eigenvalue weighted by Crippen LogP contribution is -2.36. The Labute approximate surface area is 169 Å². The van der Waals surface area contributed by atoms with Crippen molar-refractivity contribution in [2.24, 2.45) is 0 Å². The van der Waals surface area contributed by atoms with Gasteiger partial charge in [-0.05, 0) is 37.1 Å². The molecule has 2 aromatic heterocycles. The molecule has 8 nitrogen and oxygen atoms in total. The van der Waals surface area contributed by atoms with E-state index in [1.165, 1.54) is 0 Å². The second-order valence-corrected chi connectivity index (χ2v) is 7.24. The van der Waals surface area contributed by atoms with Gasteiger partial charge in [-0.15, -0.1) is 0 Å². The van der Waals surface area contributed by atoms with Crippen LogP contribution < -0.4 is 10.5 Å². The minimum atomic E-state index is -0.0786. The highest BCUT2D eigenvalue weighted by Gasteiger charge is 2.30. The van der Waals surface area contributed by atoms with Gasteiger partial charge in [0.05, 0.1) is 13.7 Å². The fraction of sp³-hybridized carbons (Fsp3) is 0.333. The normalized spacial score (nSPS) is 16.5. The Morgan fingerprint density at radius 2 is 2.14 bits per heavy atom. The molecule has 150 valence electrons. The van der Waals surface area contributed by atoms with Crippen LogP contribution in [0.2, 0.25) is 0 Å². The third-order valence-corrected chi connectivity index (χ3v) is 5.31. The van der Waals surface area contributed by atoms with Crippen LogP contribution in [0, 0.1) is 0 Å². The van der Waals surface area contributed by atoms with E-state index < -0.39 is 0 Å². The highest BCUT2D eigenvalue weighted by atomic mass is 16.5. The molecule has 1 saturated heterocycles. The lowest BCUT2D eigenvalue weighted by atomic mass is 10.1. The molecule has 4 rings (SSSR count). The Bertz CT molecular complexity index is 1040. The molecular weight excluding hydrogens is 368 g/mol. The number of fused-ring (bicyclic) bond motifs is 1. The second kappa shape index (κ2) is 8.00. The van der Waals surface area contributed by atoms with Crippen molar-refractivity contribution in [1.29, 1.82) is 0 Å². The minimum absolute atomic E-state index is 0.0786. The zero-order valence-electron chi connectivity index (χ0n) is 16.6. The maximum Gasteiger partial charge on any atom is 0.272 e. The van der Waals surface area contributed by atoms with Crippen LogP contribution in [-0.4, -0.2) is 63.9 Å². The standard InChI is InChI=1S/C21H24N6O2/c1-26(13-19-23-9-7-18(22)25-19)15-8-10-27(12-15)21(28)17-11-14-5-3-4-6-16(14)20(24-17)29-2/h3-7,9,11,15H,8,10,12-13H2,1-2H3,(H2,22,23,25). The first-order chi connectivity index (χ1) is 14.0. The van der Waals surface area contributed by atoms with Gasteiger partial charge in [-0.1, -0.05) is 18.2 Å². The molecule has 0 bridgehead atoms. The third-order valence-electron chi connectivity index (χ3n) is 5.31. The number of hydrogen-bond donors (Lipinski definition) is 1. The zero-order valence-corrected chi connectivity index (χ0v) is 16.6. The quantitative estimate of drug-likeness (QED) is 0.709. The van der Waals surface area contributed by atoms with Gasteiger partial charge in [0.2, 0.25) is 5.88 Å². The first-order valence-corrected chi connectivity index (χ1v) is 9.56. The number of hydrogen-bond acceptors (Lipinski definition) is 7. The lowest BCUT2D eigenvalue weighted by molar-refractivity contribution is 0.0773. The molecule has 3 aromatic rings. The Balaban J connectivity index is 1.47. The highest BCUT2D eigenvalue weighted by Crippen LogP contribution is 2.26. The Kier molecular flexibility index (Phi) is 5.26. The summed E-state index contributed by atoms with van der Waals surface area (Å²) in [5.74, 6) is 1.53. The summed E-state index contributed by atoms with van der Waals surface area (Å²) in [6.07, 6.45) is 2.55. The van der Waals surface area contributed by atoms with Gasteiger partial charge in [-0.3, -0.25) is 9.69 Å². The number of ether oxygens (including phenoxy) is 1. The van der Waals surface area contributed by atoms with Crippen LogP contribution in [-0.2, 0) is 6.54 Å². The monoisotopic (exact) mass is 392 g/mol. The SMILES string of the molecule is COc1nc(C(=O)N2CCC(N(C)Cc3nccc(N)n3)C2)cc2ccccc12. The van der Waals surface area contributed by atoms with Gasteiger partial charge in [0.1, 0.15) is 17.3 Å². The molecule has 1 amide bonds. The second-order valence-electron chi connectivity index (χ2n) is 7.24. The summed E-state index contributed by atoms with van der Waals surface area (Å²) >= 11 is 0. The van der Waals surface area contributed by atoms with Crippen molar-refractivity contribution in [2.45, 2.75) is 19.0 Å². The molecule has 29 heavy (non-hydrogen) atoms. The number of benzene rings is 1. The van der Waals surface area contributed by atoms with E-state index in [2.05, 4.69) is 19.9 Å². The van der Waals surface area contributed by atoms with E-state index in [1.54, 1.807) is 19.4 Å². The van der Waals surface area contributed by atoms with Gasteiger partial charge in [0.15, 0.2) is 0 Å². The van der Waals surface area contributed by atoms with E-state index in [1.807, 2.05) is 42.3 Å². The first kappa shape index (κ1) is 19.1. The number of likely N-dealkylation sites (tertiary alicyclic amines) is 1. The van der Waals surface area contributed by atoms with Crippen molar-refractivity contribution < 1.29 is 9.53 Å². The molecule has 0 saturated carbocycles. The molecule has 0 spiro atoms. The summed E-state index contributed by atoms with van der Waals surface area (Å²) in [5.41, 5.74) is 6.14. The van der Waals surface area contributed by atoms with E-state index in [0.717, 1.165) is 17.2 Å². The molecule has 1 fully saturated rings. The third kappa shape index (κ3) is 3.97. The van der Waals surface area contributed by atoms with Crippen LogP contribution in [0.4, 0.5) is 5.82 Å². The average molecular weight is 392 g/mol. The van der Waals surface area contributed by atoms with Crippen LogP contribution in [0.5, 0.6) is 5.88 Å². The van der Waals surface area contributed by atoms with Gasteiger partial charge in [-0.25, -0.2) is 15.0 Å². The Morgan fingerprint density at radius 1 is 1.31 bits per heavy atom. The van der Waals surface area contributed by atoms with Crippen molar-refractivity contribution in [2.75, 3.05) is 33.0 Å². The zero-order chi connectivity index (χ0) is 20.4. The number of pyridine rings is 1. The topological polar surface area (TPSA) is 97.5 Å². The van der Waals surface area contributed by atoms with Crippen LogP contribution in [0.1, 0.15) is 22.7 Å². The first-order valence-electron chi connectivity index (χ1n) is 9.56. The summed E-state index contributed by atoms with van der Waals surface area (Å²) in [4.78, 5) is 30.1. The maximum atomic E-state index is 13.1. The summed E-state index contributed by atoms with van der Waals surface area (Å²) in [5, 5.41) is 1.84. The molecule has 0 radical (unpaired) electrons. The van der Waals surface area contributed by atoms with Crippen molar-refractivity contribution >= 4 is 22.5 Å². The van der Waals surface area contributed by atoms with Gasteiger partial charge in [0, 0.05) is 30.7 Å². The average Bonchev–Trinajstić information content (AvgIpc) is 3.23. The Morgan fingerprint density at radius 3 is 2.93 bits per heavy atom.